The molecule has 6 nitrogen and oxygen atoms in total. The van der Waals surface area contributed by atoms with Gasteiger partial charge in [-0.05, 0) is 45.6 Å². The minimum absolute atomic E-state index is 0.0437. The third kappa shape index (κ3) is 6.77. The molecular formula is C21H32N2O4. The average molecular weight is 376 g/mol. The van der Waals surface area contributed by atoms with Gasteiger partial charge < -0.3 is 19.3 Å². The van der Waals surface area contributed by atoms with Crippen LogP contribution in [0.4, 0.5) is 9.59 Å². The van der Waals surface area contributed by atoms with Gasteiger partial charge in [0, 0.05) is 19.6 Å². The standard InChI is InChI=1S/C21H32N2O4/c1-5-13-23(20(25)27-21(2,3)4)18-12-9-14-22(15-18)19(24)26-16-17-10-7-6-8-11-17/h6-8,10-11,18H,5,9,12-16H2,1-4H3/t18-/m1/s1. The van der Waals surface area contributed by atoms with E-state index in [1.54, 1.807) is 9.80 Å². The van der Waals surface area contributed by atoms with Gasteiger partial charge in [0.1, 0.15) is 12.2 Å². The van der Waals surface area contributed by atoms with Crippen molar-refractivity contribution in [3.63, 3.8) is 0 Å². The van der Waals surface area contributed by atoms with Gasteiger partial charge in [0.15, 0.2) is 0 Å². The number of ether oxygens (including phenoxy) is 2. The van der Waals surface area contributed by atoms with Gasteiger partial charge in [-0.25, -0.2) is 9.59 Å². The number of hydrogen-bond acceptors (Lipinski definition) is 4. The van der Waals surface area contributed by atoms with Crippen LogP contribution in [0, 0.1) is 0 Å². The van der Waals surface area contributed by atoms with Crippen molar-refractivity contribution in [2.24, 2.45) is 0 Å². The third-order valence-corrected chi connectivity index (χ3v) is 4.39. The van der Waals surface area contributed by atoms with Crippen LogP contribution in [0.5, 0.6) is 0 Å². The van der Waals surface area contributed by atoms with Crippen LogP contribution < -0.4 is 0 Å². The number of carbonyl (C=O) groups is 2. The Hall–Kier alpha value is -2.24. The van der Waals surface area contributed by atoms with E-state index in [1.165, 1.54) is 0 Å². The highest BCUT2D eigenvalue weighted by molar-refractivity contribution is 5.70. The van der Waals surface area contributed by atoms with E-state index in [-0.39, 0.29) is 24.8 Å². The van der Waals surface area contributed by atoms with Crippen LogP contribution >= 0.6 is 0 Å². The molecular weight excluding hydrogens is 344 g/mol. The molecule has 0 saturated carbocycles. The smallest absolute Gasteiger partial charge is 0.410 e. The van der Waals surface area contributed by atoms with E-state index in [1.807, 2.05) is 58.0 Å². The Morgan fingerprint density at radius 3 is 2.56 bits per heavy atom. The Labute approximate surface area is 162 Å². The first-order valence-corrected chi connectivity index (χ1v) is 9.75. The monoisotopic (exact) mass is 376 g/mol. The van der Waals surface area contributed by atoms with E-state index in [4.69, 9.17) is 9.47 Å². The van der Waals surface area contributed by atoms with Crippen molar-refractivity contribution in [3.8, 4) is 0 Å². The van der Waals surface area contributed by atoms with Gasteiger partial charge in [-0.15, -0.1) is 0 Å². The van der Waals surface area contributed by atoms with E-state index in [0.29, 0.717) is 19.6 Å². The number of rotatable bonds is 5. The summed E-state index contributed by atoms with van der Waals surface area (Å²) in [5.74, 6) is 0. The summed E-state index contributed by atoms with van der Waals surface area (Å²) in [7, 11) is 0. The van der Waals surface area contributed by atoms with Crippen molar-refractivity contribution in [2.75, 3.05) is 19.6 Å². The molecule has 0 spiro atoms. The summed E-state index contributed by atoms with van der Waals surface area (Å²) in [4.78, 5) is 28.5. The van der Waals surface area contributed by atoms with E-state index in [9.17, 15) is 9.59 Å². The summed E-state index contributed by atoms with van der Waals surface area (Å²) in [5.41, 5.74) is 0.423. The van der Waals surface area contributed by atoms with Gasteiger partial charge in [0.2, 0.25) is 0 Å². The third-order valence-electron chi connectivity index (χ3n) is 4.39. The summed E-state index contributed by atoms with van der Waals surface area (Å²) < 4.78 is 11.0. The van der Waals surface area contributed by atoms with E-state index < -0.39 is 5.60 Å². The van der Waals surface area contributed by atoms with Crippen molar-refractivity contribution in [1.29, 1.82) is 0 Å². The van der Waals surface area contributed by atoms with Crippen LogP contribution in [0.15, 0.2) is 30.3 Å². The van der Waals surface area contributed by atoms with Crippen LogP contribution in [-0.2, 0) is 16.1 Å². The van der Waals surface area contributed by atoms with Gasteiger partial charge in [0.25, 0.3) is 0 Å². The Balaban J connectivity index is 1.95. The van der Waals surface area contributed by atoms with Crippen molar-refractivity contribution in [3.05, 3.63) is 35.9 Å². The fourth-order valence-electron chi connectivity index (χ4n) is 3.17. The topological polar surface area (TPSA) is 59.1 Å². The number of carbonyl (C=O) groups excluding carboxylic acids is 2. The minimum Gasteiger partial charge on any atom is -0.445 e. The maximum atomic E-state index is 12.6. The fourth-order valence-corrected chi connectivity index (χ4v) is 3.17. The number of piperidine rings is 1. The highest BCUT2D eigenvalue weighted by Gasteiger charge is 2.33. The van der Waals surface area contributed by atoms with Crippen LogP contribution in [0.25, 0.3) is 0 Å². The predicted octanol–water partition coefficient (Wildman–Crippen LogP) is 4.43. The summed E-state index contributed by atoms with van der Waals surface area (Å²) in [5, 5.41) is 0. The quantitative estimate of drug-likeness (QED) is 0.762. The molecule has 1 atom stereocenters. The molecule has 1 aliphatic heterocycles. The molecule has 2 rings (SSSR count). The summed E-state index contributed by atoms with van der Waals surface area (Å²) >= 11 is 0. The second kappa shape index (κ2) is 9.62. The van der Waals surface area contributed by atoms with Crippen molar-refractivity contribution >= 4 is 12.2 Å². The van der Waals surface area contributed by atoms with Gasteiger partial charge in [-0.3, -0.25) is 0 Å². The fraction of sp³-hybridized carbons (Fsp3) is 0.619. The van der Waals surface area contributed by atoms with E-state index in [2.05, 4.69) is 0 Å². The highest BCUT2D eigenvalue weighted by atomic mass is 16.6. The Bertz CT molecular complexity index is 612. The molecule has 1 aromatic rings. The zero-order valence-electron chi connectivity index (χ0n) is 16.9. The molecule has 0 N–H and O–H groups in total. The minimum atomic E-state index is -0.536. The largest absolute Gasteiger partial charge is 0.445 e. The number of amides is 2. The van der Waals surface area contributed by atoms with E-state index >= 15 is 0 Å². The maximum Gasteiger partial charge on any atom is 0.410 e. The second-order valence-electron chi connectivity index (χ2n) is 7.96. The van der Waals surface area contributed by atoms with Crippen molar-refractivity contribution < 1.29 is 19.1 Å². The summed E-state index contributed by atoms with van der Waals surface area (Å²) in [6.07, 6.45) is 1.90. The molecule has 0 unspecified atom stereocenters. The Morgan fingerprint density at radius 1 is 1.22 bits per heavy atom. The number of benzene rings is 1. The van der Waals surface area contributed by atoms with E-state index in [0.717, 1.165) is 24.8 Å². The summed E-state index contributed by atoms with van der Waals surface area (Å²) in [6, 6.07) is 9.58. The first kappa shape index (κ1) is 21.1. The van der Waals surface area contributed by atoms with Crippen molar-refractivity contribution in [2.45, 2.75) is 65.2 Å². The SMILES string of the molecule is CCCN(C(=O)OC(C)(C)C)[C@@H]1CCCN(C(=O)OCc2ccccc2)C1. The summed E-state index contributed by atoms with van der Waals surface area (Å²) in [6.45, 7) is 9.63. The molecule has 2 amide bonds. The van der Waals surface area contributed by atoms with Gasteiger partial charge in [0.05, 0.1) is 6.04 Å². The molecule has 1 fully saturated rings. The van der Waals surface area contributed by atoms with Crippen LogP contribution in [0.3, 0.4) is 0 Å². The lowest BCUT2D eigenvalue weighted by molar-refractivity contribution is 0.00483. The molecule has 0 aromatic heterocycles. The number of likely N-dealkylation sites (tertiary alicyclic amines) is 1. The molecule has 6 heteroatoms. The Kier molecular flexibility index (Phi) is 7.51. The van der Waals surface area contributed by atoms with Gasteiger partial charge >= 0.3 is 12.2 Å². The van der Waals surface area contributed by atoms with Gasteiger partial charge in [-0.2, -0.15) is 0 Å². The first-order chi connectivity index (χ1) is 12.8. The normalized spacial score (nSPS) is 17.3. The molecule has 0 radical (unpaired) electrons. The molecule has 1 aliphatic rings. The molecule has 0 bridgehead atoms. The molecule has 150 valence electrons. The number of hydrogen-bond donors (Lipinski definition) is 0. The lowest BCUT2D eigenvalue weighted by Gasteiger charge is -2.39. The molecule has 1 saturated heterocycles. The number of nitrogens with zero attached hydrogens (tertiary/aromatic N) is 2. The highest BCUT2D eigenvalue weighted by Crippen LogP contribution is 2.20. The van der Waals surface area contributed by atoms with Crippen LogP contribution in [0.2, 0.25) is 0 Å². The lowest BCUT2D eigenvalue weighted by atomic mass is 10.0. The lowest BCUT2D eigenvalue weighted by Crippen LogP contribution is -2.53. The maximum absolute atomic E-state index is 12.6. The van der Waals surface area contributed by atoms with Crippen molar-refractivity contribution in [1.82, 2.24) is 9.80 Å². The average Bonchev–Trinajstić information content (AvgIpc) is 2.63. The second-order valence-corrected chi connectivity index (χ2v) is 7.96. The zero-order chi connectivity index (χ0) is 19.9. The first-order valence-electron chi connectivity index (χ1n) is 9.75. The molecule has 1 heterocycles. The van der Waals surface area contributed by atoms with Crippen LogP contribution in [-0.4, -0.2) is 53.3 Å². The predicted molar refractivity (Wildman–Crippen MR) is 104 cm³/mol. The Morgan fingerprint density at radius 2 is 1.93 bits per heavy atom. The van der Waals surface area contributed by atoms with Gasteiger partial charge in [-0.1, -0.05) is 37.3 Å². The molecule has 0 aliphatic carbocycles. The zero-order valence-corrected chi connectivity index (χ0v) is 16.9. The molecule has 1 aromatic carbocycles. The van der Waals surface area contributed by atoms with Crippen LogP contribution in [0.1, 0.15) is 52.5 Å². The molecule has 27 heavy (non-hydrogen) atoms.